The summed E-state index contributed by atoms with van der Waals surface area (Å²) < 4.78 is 28.8. The van der Waals surface area contributed by atoms with Crippen molar-refractivity contribution in [3.8, 4) is 16.9 Å². The number of nitrogens with two attached hydrogens (primary N) is 1. The van der Waals surface area contributed by atoms with Gasteiger partial charge in [0.1, 0.15) is 17.5 Å². The van der Waals surface area contributed by atoms with Crippen LogP contribution in [0.3, 0.4) is 0 Å². The van der Waals surface area contributed by atoms with Crippen molar-refractivity contribution in [3.63, 3.8) is 0 Å². The Bertz CT molecular complexity index is 1200. The van der Waals surface area contributed by atoms with Crippen molar-refractivity contribution in [1.29, 1.82) is 0 Å². The molecule has 2 aromatic heterocycles. The molecule has 1 aliphatic rings. The predicted octanol–water partition coefficient (Wildman–Crippen LogP) is 3.94. The van der Waals surface area contributed by atoms with Crippen LogP contribution in [0.25, 0.3) is 28.0 Å². The van der Waals surface area contributed by atoms with Crippen LogP contribution in [0.4, 0.5) is 20.5 Å². The minimum Gasteiger partial charge on any atom is -0.383 e. The first-order valence-electron chi connectivity index (χ1n) is 9.43. The number of aromatic nitrogens is 4. The van der Waals surface area contributed by atoms with Crippen LogP contribution in [0.2, 0.25) is 0 Å². The first-order valence-corrected chi connectivity index (χ1v) is 9.43. The molecule has 1 saturated heterocycles. The molecular formula is C21H18F2N6. The van der Waals surface area contributed by atoms with Gasteiger partial charge in [0.2, 0.25) is 5.95 Å². The van der Waals surface area contributed by atoms with E-state index in [0.29, 0.717) is 39.7 Å². The van der Waals surface area contributed by atoms with Crippen LogP contribution in [-0.2, 0) is 0 Å². The maximum absolute atomic E-state index is 13.9. The van der Waals surface area contributed by atoms with Gasteiger partial charge in [0.25, 0.3) is 0 Å². The summed E-state index contributed by atoms with van der Waals surface area (Å²) in [6, 6.07) is 12.1. The number of halogens is 2. The van der Waals surface area contributed by atoms with Crippen molar-refractivity contribution in [2.45, 2.75) is 12.8 Å². The minimum atomic E-state index is -0.360. The molecule has 0 radical (unpaired) electrons. The first kappa shape index (κ1) is 17.5. The monoisotopic (exact) mass is 392 g/mol. The number of hydrogen-bond donors (Lipinski definition) is 1. The summed E-state index contributed by atoms with van der Waals surface area (Å²) in [5, 5.41) is 5.09. The molecule has 0 bridgehead atoms. The van der Waals surface area contributed by atoms with Crippen molar-refractivity contribution in [2.75, 3.05) is 23.7 Å². The average Bonchev–Trinajstić information content (AvgIpc) is 3.37. The molecule has 2 aromatic carbocycles. The zero-order valence-electron chi connectivity index (χ0n) is 15.5. The van der Waals surface area contributed by atoms with E-state index in [9.17, 15) is 8.78 Å². The van der Waals surface area contributed by atoms with E-state index in [0.717, 1.165) is 25.9 Å². The largest absolute Gasteiger partial charge is 0.383 e. The van der Waals surface area contributed by atoms with Crippen LogP contribution in [0.5, 0.6) is 0 Å². The van der Waals surface area contributed by atoms with Crippen LogP contribution in [-0.4, -0.2) is 32.8 Å². The van der Waals surface area contributed by atoms with Crippen LogP contribution in [0.1, 0.15) is 12.8 Å². The summed E-state index contributed by atoms with van der Waals surface area (Å²) in [7, 11) is 0. The van der Waals surface area contributed by atoms with Gasteiger partial charge in [0, 0.05) is 18.7 Å². The molecule has 1 fully saturated rings. The van der Waals surface area contributed by atoms with Crippen LogP contribution >= 0.6 is 0 Å². The van der Waals surface area contributed by atoms with E-state index in [2.05, 4.69) is 15.0 Å². The Hall–Kier alpha value is -3.55. The maximum Gasteiger partial charge on any atom is 0.228 e. The van der Waals surface area contributed by atoms with E-state index in [1.165, 1.54) is 28.9 Å². The van der Waals surface area contributed by atoms with Gasteiger partial charge in [-0.15, -0.1) is 5.10 Å². The molecule has 0 unspecified atom stereocenters. The van der Waals surface area contributed by atoms with Gasteiger partial charge < -0.3 is 10.6 Å². The van der Waals surface area contributed by atoms with E-state index >= 15 is 0 Å². The SMILES string of the molecule is Nc1c2c(-c3cccc(F)c3)nc(N3CCCC3)nc2nn1-c1ccc(F)cc1. The summed E-state index contributed by atoms with van der Waals surface area (Å²) in [4.78, 5) is 11.4. The highest BCUT2D eigenvalue weighted by atomic mass is 19.1. The summed E-state index contributed by atoms with van der Waals surface area (Å²) in [5.41, 5.74) is 8.56. The first-order chi connectivity index (χ1) is 14.1. The van der Waals surface area contributed by atoms with Crippen LogP contribution in [0.15, 0.2) is 48.5 Å². The second-order valence-electron chi connectivity index (χ2n) is 7.05. The van der Waals surface area contributed by atoms with Gasteiger partial charge in [0.05, 0.1) is 16.8 Å². The second kappa shape index (κ2) is 6.80. The third-order valence-corrected chi connectivity index (χ3v) is 5.12. The highest BCUT2D eigenvalue weighted by molar-refractivity contribution is 5.99. The lowest BCUT2D eigenvalue weighted by Gasteiger charge is -2.16. The number of nitrogens with zero attached hydrogens (tertiary/aromatic N) is 5. The molecule has 5 rings (SSSR count). The van der Waals surface area contributed by atoms with Gasteiger partial charge in [-0.05, 0) is 49.2 Å². The Morgan fingerprint density at radius 3 is 2.38 bits per heavy atom. The second-order valence-corrected chi connectivity index (χ2v) is 7.05. The number of hydrogen-bond acceptors (Lipinski definition) is 5. The van der Waals surface area contributed by atoms with E-state index < -0.39 is 0 Å². The molecule has 8 heteroatoms. The zero-order valence-corrected chi connectivity index (χ0v) is 15.5. The van der Waals surface area contributed by atoms with Gasteiger partial charge in [-0.3, -0.25) is 0 Å². The lowest BCUT2D eigenvalue weighted by atomic mass is 10.1. The van der Waals surface area contributed by atoms with Crippen LogP contribution in [0, 0.1) is 11.6 Å². The summed E-state index contributed by atoms with van der Waals surface area (Å²) in [6.07, 6.45) is 2.14. The van der Waals surface area contributed by atoms with Gasteiger partial charge in [-0.1, -0.05) is 12.1 Å². The van der Waals surface area contributed by atoms with Crippen molar-refractivity contribution >= 4 is 22.8 Å². The van der Waals surface area contributed by atoms with E-state index in [1.807, 2.05) is 0 Å². The fourth-order valence-corrected chi connectivity index (χ4v) is 3.68. The average molecular weight is 392 g/mol. The Labute approximate surface area is 165 Å². The normalized spacial score (nSPS) is 14.1. The van der Waals surface area contributed by atoms with Gasteiger partial charge in [-0.25, -0.2) is 18.4 Å². The molecule has 3 heterocycles. The predicted molar refractivity (Wildman–Crippen MR) is 108 cm³/mol. The highest BCUT2D eigenvalue weighted by Gasteiger charge is 2.23. The number of fused-ring (bicyclic) bond motifs is 1. The Kier molecular flexibility index (Phi) is 4.12. The topological polar surface area (TPSA) is 72.9 Å². The third kappa shape index (κ3) is 3.06. The molecule has 0 saturated carbocycles. The van der Waals surface area contributed by atoms with Crippen molar-refractivity contribution in [2.24, 2.45) is 0 Å². The standard InChI is InChI=1S/C21H18F2N6/c22-14-6-8-16(9-7-14)29-19(24)17-18(13-4-3-5-15(23)12-13)25-21(26-20(17)27-29)28-10-1-2-11-28/h3-9,12H,1-2,10-11,24H2. The molecule has 0 spiro atoms. The quantitative estimate of drug-likeness (QED) is 0.572. The van der Waals surface area contributed by atoms with Crippen molar-refractivity contribution in [1.82, 2.24) is 19.7 Å². The molecular weight excluding hydrogens is 374 g/mol. The molecule has 0 aliphatic carbocycles. The lowest BCUT2D eigenvalue weighted by Crippen LogP contribution is -2.20. The summed E-state index contributed by atoms with van der Waals surface area (Å²) >= 11 is 0. The maximum atomic E-state index is 13.9. The van der Waals surface area contributed by atoms with Crippen molar-refractivity contribution < 1.29 is 8.78 Å². The van der Waals surface area contributed by atoms with Gasteiger partial charge in [-0.2, -0.15) is 4.98 Å². The molecule has 2 N–H and O–H groups in total. The number of nitrogen functional groups attached to an aromatic ring is 1. The molecule has 146 valence electrons. The fourth-order valence-electron chi connectivity index (χ4n) is 3.68. The summed E-state index contributed by atoms with van der Waals surface area (Å²) in [5.74, 6) is 0.166. The highest BCUT2D eigenvalue weighted by Crippen LogP contribution is 2.34. The van der Waals surface area contributed by atoms with Crippen LogP contribution < -0.4 is 10.6 Å². The Morgan fingerprint density at radius 2 is 1.66 bits per heavy atom. The third-order valence-electron chi connectivity index (χ3n) is 5.12. The lowest BCUT2D eigenvalue weighted by molar-refractivity contribution is 0.627. The van der Waals surface area contributed by atoms with Gasteiger partial charge >= 0.3 is 0 Å². The van der Waals surface area contributed by atoms with E-state index in [-0.39, 0.29) is 11.6 Å². The molecule has 1 aliphatic heterocycles. The number of anilines is 2. The Balaban J connectivity index is 1.76. The zero-order chi connectivity index (χ0) is 20.0. The van der Waals surface area contributed by atoms with Gasteiger partial charge in [0.15, 0.2) is 5.65 Å². The molecule has 0 atom stereocenters. The Morgan fingerprint density at radius 1 is 0.897 bits per heavy atom. The van der Waals surface area contributed by atoms with Crippen molar-refractivity contribution in [3.05, 3.63) is 60.2 Å². The molecule has 6 nitrogen and oxygen atoms in total. The molecule has 0 amide bonds. The van der Waals surface area contributed by atoms with E-state index in [4.69, 9.17) is 10.7 Å². The molecule has 29 heavy (non-hydrogen) atoms. The molecule has 4 aromatic rings. The number of rotatable bonds is 3. The fraction of sp³-hybridized carbons (Fsp3) is 0.190. The summed E-state index contributed by atoms with van der Waals surface area (Å²) in [6.45, 7) is 1.73. The van der Waals surface area contributed by atoms with E-state index in [1.54, 1.807) is 24.3 Å². The smallest absolute Gasteiger partial charge is 0.228 e. The minimum absolute atomic E-state index is 0.318. The number of benzene rings is 2.